The molecule has 0 aliphatic carbocycles. The number of H-pyrrole nitrogens is 3. The highest BCUT2D eigenvalue weighted by Crippen LogP contribution is 2.40. The van der Waals surface area contributed by atoms with E-state index in [0.29, 0.717) is 12.8 Å². The van der Waals surface area contributed by atoms with Gasteiger partial charge in [0.1, 0.15) is 0 Å². The lowest BCUT2D eigenvalue weighted by Gasteiger charge is -2.15. The second kappa shape index (κ2) is 11.4. The molecule has 9 heteroatoms. The zero-order valence-electron chi connectivity index (χ0n) is 24.4. The summed E-state index contributed by atoms with van der Waals surface area (Å²) in [5.74, 6) is -0.485. The Morgan fingerprint density at radius 2 is 1.49 bits per heavy atom. The first-order valence-electron chi connectivity index (χ1n) is 13.8. The highest BCUT2D eigenvalue weighted by Gasteiger charge is 2.34. The number of esters is 2. The number of aryl methyl sites for hydroxylation is 1. The van der Waals surface area contributed by atoms with Crippen molar-refractivity contribution in [2.24, 2.45) is 0 Å². The summed E-state index contributed by atoms with van der Waals surface area (Å²) in [6.45, 7) is 8.53. The number of aromatic amines is 3. The van der Waals surface area contributed by atoms with E-state index in [1.54, 1.807) is 0 Å². The van der Waals surface area contributed by atoms with Crippen LogP contribution < -0.4 is 16.0 Å². The van der Waals surface area contributed by atoms with Crippen molar-refractivity contribution >= 4 is 58.8 Å². The van der Waals surface area contributed by atoms with Crippen molar-refractivity contribution in [1.29, 1.82) is 0 Å². The maximum Gasteiger partial charge on any atom is 0.305 e. The predicted octanol–water partition coefficient (Wildman–Crippen LogP) is 4.35. The van der Waals surface area contributed by atoms with Gasteiger partial charge in [0, 0.05) is 64.1 Å². The Labute approximate surface area is 253 Å². The smallest absolute Gasteiger partial charge is 0.305 e. The van der Waals surface area contributed by atoms with Crippen LogP contribution in [0.2, 0.25) is 0 Å². The van der Waals surface area contributed by atoms with Crippen molar-refractivity contribution in [3.63, 3.8) is 0 Å². The highest BCUT2D eigenvalue weighted by atomic mass is 127. The molecular formula is C32H37IN4O4. The van der Waals surface area contributed by atoms with Crippen LogP contribution in [0.15, 0.2) is 17.5 Å². The maximum atomic E-state index is 12.1. The van der Waals surface area contributed by atoms with Gasteiger partial charge in [0.2, 0.25) is 0 Å². The average molecular weight is 669 g/mol. The van der Waals surface area contributed by atoms with Crippen molar-refractivity contribution in [3.05, 3.63) is 78.8 Å². The number of methoxy groups -OCH3 is 2. The van der Waals surface area contributed by atoms with E-state index in [1.807, 2.05) is 0 Å². The monoisotopic (exact) mass is 668 g/mol. The van der Waals surface area contributed by atoms with Gasteiger partial charge < -0.3 is 29.7 Å². The lowest BCUT2D eigenvalue weighted by Crippen LogP contribution is -2.16. The first-order chi connectivity index (χ1) is 19.5. The summed E-state index contributed by atoms with van der Waals surface area (Å²) in [6, 6.07) is 2.17. The molecule has 4 N–H and O–H groups in total. The molecule has 41 heavy (non-hydrogen) atoms. The number of rotatable bonds is 6. The van der Waals surface area contributed by atoms with E-state index < -0.39 is 0 Å². The number of nitrogens with one attached hydrogen (secondary N) is 4. The SMILES string of the molecule is COC(=O)CCc1c2[nH]c(c1C)C=C1CC(C)(I)C(=Cc3cc(C)c([nH]3)C=c3[nH]c(c(CCC(=O)OC)c3C)=C2)N1. The third-order valence-corrected chi connectivity index (χ3v) is 9.13. The van der Waals surface area contributed by atoms with Gasteiger partial charge in [0.25, 0.3) is 0 Å². The molecule has 216 valence electrons. The Bertz CT molecular complexity index is 1710. The Hall–Kier alpha value is -3.47. The van der Waals surface area contributed by atoms with Crippen molar-refractivity contribution in [2.75, 3.05) is 14.2 Å². The molecule has 2 aliphatic heterocycles. The average Bonchev–Trinajstić information content (AvgIpc) is 3.60. The molecule has 1 unspecified atom stereocenters. The number of ether oxygens (including phenoxy) is 2. The van der Waals surface area contributed by atoms with Crippen molar-refractivity contribution in [3.8, 4) is 0 Å². The highest BCUT2D eigenvalue weighted by molar-refractivity contribution is 14.1. The molecule has 0 radical (unpaired) electrons. The molecule has 1 atom stereocenters. The molecule has 0 saturated carbocycles. The summed E-state index contributed by atoms with van der Waals surface area (Å²) < 4.78 is 9.80. The number of allylic oxidation sites excluding steroid dienone is 2. The third-order valence-electron chi connectivity index (χ3n) is 8.17. The number of hydrogen-bond acceptors (Lipinski definition) is 5. The van der Waals surface area contributed by atoms with Gasteiger partial charge in [-0.05, 0) is 98.7 Å². The van der Waals surface area contributed by atoms with Gasteiger partial charge in [-0.3, -0.25) is 9.59 Å². The van der Waals surface area contributed by atoms with Crippen LogP contribution in [-0.4, -0.2) is 44.5 Å². The fraction of sp³-hybridized carbons (Fsp3) is 0.375. The fourth-order valence-corrected chi connectivity index (χ4v) is 6.42. The van der Waals surface area contributed by atoms with Crippen LogP contribution in [-0.2, 0) is 31.9 Å². The van der Waals surface area contributed by atoms with E-state index in [9.17, 15) is 9.59 Å². The Morgan fingerprint density at radius 3 is 2.17 bits per heavy atom. The van der Waals surface area contributed by atoms with Gasteiger partial charge >= 0.3 is 11.9 Å². The lowest BCUT2D eigenvalue weighted by atomic mass is 10.0. The maximum absolute atomic E-state index is 12.1. The second-order valence-corrected chi connectivity index (χ2v) is 13.5. The van der Waals surface area contributed by atoms with Crippen LogP contribution in [0.5, 0.6) is 0 Å². The van der Waals surface area contributed by atoms with E-state index in [-0.39, 0.29) is 28.2 Å². The molecule has 1 fully saturated rings. The van der Waals surface area contributed by atoms with Crippen LogP contribution in [0, 0.1) is 20.8 Å². The minimum atomic E-state index is -0.244. The summed E-state index contributed by atoms with van der Waals surface area (Å²) >= 11 is 2.53. The van der Waals surface area contributed by atoms with E-state index in [0.717, 1.165) is 79.1 Å². The summed E-state index contributed by atoms with van der Waals surface area (Å²) in [5.41, 5.74) is 11.7. The minimum absolute atomic E-state index is 0.0807. The molecule has 0 amide bonds. The summed E-state index contributed by atoms with van der Waals surface area (Å²) in [4.78, 5) is 35.0. The van der Waals surface area contributed by atoms with Crippen LogP contribution >= 0.6 is 22.6 Å². The van der Waals surface area contributed by atoms with E-state index in [1.165, 1.54) is 14.2 Å². The summed E-state index contributed by atoms with van der Waals surface area (Å²) in [5, 5.41) is 5.57. The zero-order valence-corrected chi connectivity index (χ0v) is 26.6. The quantitative estimate of drug-likeness (QED) is 0.178. The molecule has 1 saturated heterocycles. The topological polar surface area (TPSA) is 112 Å². The predicted molar refractivity (Wildman–Crippen MR) is 170 cm³/mol. The minimum Gasteiger partial charge on any atom is -0.469 e. The van der Waals surface area contributed by atoms with Gasteiger partial charge in [-0.1, -0.05) is 22.6 Å². The standard InChI is InChI=1S/C32H37IN4O4/c1-17-11-20-13-29-32(4,33)16-21(35-29)12-25-18(2)22(7-9-30(38)40-5)27(36-25)15-28-23(8-10-31(39)41-6)19(3)26(37-28)14-24(17)34-20/h11-15,34-37H,7-10,16H2,1-6H3. The zero-order chi connectivity index (χ0) is 29.5. The van der Waals surface area contributed by atoms with Crippen molar-refractivity contribution < 1.29 is 19.1 Å². The first kappa shape index (κ1) is 29.0. The number of carbonyl (C=O) groups excluding carboxylic acids is 2. The van der Waals surface area contributed by atoms with Gasteiger partial charge in [-0.15, -0.1) is 0 Å². The van der Waals surface area contributed by atoms with Crippen LogP contribution in [0.25, 0.3) is 24.3 Å². The van der Waals surface area contributed by atoms with Crippen LogP contribution in [0.1, 0.15) is 76.8 Å². The Kier molecular flexibility index (Phi) is 8.09. The first-order valence-corrected chi connectivity index (χ1v) is 14.9. The Morgan fingerprint density at radius 1 is 0.829 bits per heavy atom. The molecule has 0 aromatic carbocycles. The second-order valence-electron chi connectivity index (χ2n) is 11.1. The molecule has 8 nitrogen and oxygen atoms in total. The van der Waals surface area contributed by atoms with Crippen LogP contribution in [0.3, 0.4) is 0 Å². The number of alkyl halides is 1. The number of carbonyl (C=O) groups is 2. The van der Waals surface area contributed by atoms with Crippen molar-refractivity contribution in [1.82, 2.24) is 20.3 Å². The third kappa shape index (κ3) is 5.95. The van der Waals surface area contributed by atoms with Gasteiger partial charge in [0.05, 0.1) is 17.6 Å². The van der Waals surface area contributed by atoms with E-state index in [2.05, 4.69) is 101 Å². The summed E-state index contributed by atoms with van der Waals surface area (Å²) in [6.07, 6.45) is 11.1. The normalized spacial score (nSPS) is 17.6. The molecular weight excluding hydrogens is 631 g/mol. The van der Waals surface area contributed by atoms with Gasteiger partial charge in [-0.25, -0.2) is 0 Å². The Balaban J connectivity index is 1.77. The van der Waals surface area contributed by atoms with Crippen LogP contribution in [0.4, 0.5) is 0 Å². The fourth-order valence-electron chi connectivity index (χ4n) is 5.72. The largest absolute Gasteiger partial charge is 0.469 e. The summed E-state index contributed by atoms with van der Waals surface area (Å²) in [7, 11) is 2.83. The number of fused-ring (bicyclic) bond motifs is 8. The number of halogens is 1. The number of hydrogen-bond donors (Lipinski definition) is 4. The molecule has 5 rings (SSSR count). The van der Waals surface area contributed by atoms with Gasteiger partial charge in [-0.2, -0.15) is 0 Å². The number of aromatic nitrogens is 3. The molecule has 2 aliphatic rings. The molecule has 3 aromatic rings. The van der Waals surface area contributed by atoms with Gasteiger partial charge in [0.15, 0.2) is 0 Å². The van der Waals surface area contributed by atoms with Crippen molar-refractivity contribution in [2.45, 2.75) is 63.2 Å². The molecule has 8 bridgehead atoms. The van der Waals surface area contributed by atoms with E-state index >= 15 is 0 Å². The molecule has 0 spiro atoms. The lowest BCUT2D eigenvalue weighted by molar-refractivity contribution is -0.141. The molecule has 3 aromatic heterocycles. The van der Waals surface area contributed by atoms with E-state index in [4.69, 9.17) is 9.47 Å². The molecule has 5 heterocycles.